The molecule has 0 fully saturated rings. The fourth-order valence-corrected chi connectivity index (χ4v) is 2.77. The molecule has 2 rings (SSSR count). The van der Waals surface area contributed by atoms with Crippen LogP contribution >= 0.6 is 23.6 Å². The lowest BCUT2D eigenvalue weighted by atomic mass is 9.99. The molecular formula is C11H14N2O3S2. The van der Waals surface area contributed by atoms with E-state index in [0.29, 0.717) is 0 Å². The molecule has 5 nitrogen and oxygen atoms in total. The minimum atomic E-state index is -1.23. The Morgan fingerprint density at radius 1 is 1.78 bits per heavy atom. The van der Waals surface area contributed by atoms with Crippen LogP contribution in [0.4, 0.5) is 4.79 Å². The van der Waals surface area contributed by atoms with Crippen LogP contribution in [-0.2, 0) is 4.74 Å². The van der Waals surface area contributed by atoms with E-state index in [2.05, 4.69) is 20.7 Å². The molecule has 1 aliphatic rings. The maximum atomic E-state index is 10.4. The van der Waals surface area contributed by atoms with E-state index in [4.69, 9.17) is 17.3 Å². The van der Waals surface area contributed by atoms with Gasteiger partial charge in [0.1, 0.15) is 6.61 Å². The number of carboxylic acid groups (broad SMARTS) is 1. The predicted molar refractivity (Wildman–Crippen MR) is 72.5 cm³/mol. The van der Waals surface area contributed by atoms with Gasteiger partial charge in [-0.1, -0.05) is 6.08 Å². The van der Waals surface area contributed by atoms with E-state index in [9.17, 15) is 4.79 Å². The number of carbonyl (C=O) groups is 1. The molecule has 2 N–H and O–H groups in total. The van der Waals surface area contributed by atoms with Gasteiger partial charge in [-0.3, -0.25) is 4.90 Å². The van der Waals surface area contributed by atoms with Gasteiger partial charge in [0.2, 0.25) is 0 Å². The minimum Gasteiger partial charge on any atom is -0.450 e. The van der Waals surface area contributed by atoms with Gasteiger partial charge >= 0.3 is 6.16 Å². The highest BCUT2D eigenvalue weighted by Gasteiger charge is 2.23. The molecule has 1 atom stereocenters. The van der Waals surface area contributed by atoms with E-state index in [0.717, 1.165) is 22.6 Å². The molecule has 0 radical (unpaired) electrons. The molecule has 1 aliphatic heterocycles. The number of nitrogens with zero attached hydrogens (tertiary/aromatic N) is 1. The number of rotatable bonds is 3. The first-order chi connectivity index (χ1) is 8.56. The van der Waals surface area contributed by atoms with Crippen LogP contribution < -0.4 is 0 Å². The number of ether oxygens (including phenoxy) is 1. The van der Waals surface area contributed by atoms with E-state index in [1.807, 2.05) is 12.4 Å². The van der Waals surface area contributed by atoms with E-state index >= 15 is 0 Å². The lowest BCUT2D eigenvalue weighted by Crippen LogP contribution is -2.39. The summed E-state index contributed by atoms with van der Waals surface area (Å²) in [6.45, 7) is 0.966. The lowest BCUT2D eigenvalue weighted by molar-refractivity contribution is 0.0644. The van der Waals surface area contributed by atoms with Crippen molar-refractivity contribution in [1.29, 1.82) is 0 Å². The van der Waals surface area contributed by atoms with Crippen molar-refractivity contribution >= 4 is 35.3 Å². The normalized spacial score (nSPS) is 20.5. The summed E-state index contributed by atoms with van der Waals surface area (Å²) in [6, 6.07) is 0.0722. The molecular weight excluding hydrogens is 272 g/mol. The summed E-state index contributed by atoms with van der Waals surface area (Å²) in [5.41, 5.74) is 2.19. The Labute approximate surface area is 114 Å². The van der Waals surface area contributed by atoms with E-state index in [1.165, 1.54) is 16.9 Å². The van der Waals surface area contributed by atoms with Crippen molar-refractivity contribution in [3.63, 3.8) is 0 Å². The fraction of sp³-hybridized carbons (Fsp3) is 0.455. The van der Waals surface area contributed by atoms with Gasteiger partial charge in [-0.2, -0.15) is 0 Å². The smallest absolute Gasteiger partial charge is 0.450 e. The van der Waals surface area contributed by atoms with Crippen LogP contribution in [0.1, 0.15) is 12.1 Å². The standard InChI is InChI=1S/C11H14N2O3S2/c1-13-3-2-7(9-6-18-10(17)12-9)4-8(13)5-16-11(14)15/h2,6,8H,3-5H2,1H3,(H,12,17)(H,14,15)/t8-/m0/s1. The summed E-state index contributed by atoms with van der Waals surface area (Å²) >= 11 is 6.56. The van der Waals surface area contributed by atoms with Crippen LogP contribution in [0.2, 0.25) is 0 Å². The molecule has 0 spiro atoms. The molecule has 18 heavy (non-hydrogen) atoms. The minimum absolute atomic E-state index is 0.0722. The zero-order valence-corrected chi connectivity index (χ0v) is 11.5. The number of hydrogen-bond acceptors (Lipinski definition) is 5. The number of aromatic nitrogens is 1. The summed E-state index contributed by atoms with van der Waals surface area (Å²) in [4.78, 5) is 15.6. The Morgan fingerprint density at radius 3 is 3.17 bits per heavy atom. The highest BCUT2D eigenvalue weighted by molar-refractivity contribution is 7.73. The topological polar surface area (TPSA) is 65.6 Å². The summed E-state index contributed by atoms with van der Waals surface area (Å²) in [6.07, 6.45) is 1.66. The lowest BCUT2D eigenvalue weighted by Gasteiger charge is -2.31. The Kier molecular flexibility index (Phi) is 4.15. The highest BCUT2D eigenvalue weighted by atomic mass is 32.1. The van der Waals surface area contributed by atoms with Crippen LogP contribution in [0.25, 0.3) is 5.57 Å². The van der Waals surface area contributed by atoms with Crippen molar-refractivity contribution in [2.24, 2.45) is 0 Å². The van der Waals surface area contributed by atoms with Gasteiger partial charge < -0.3 is 14.8 Å². The number of likely N-dealkylation sites (N-methyl/N-ethyl adjacent to an activating group) is 1. The molecule has 0 aromatic carbocycles. The SMILES string of the molecule is CN1CC=C(c2csc(=S)[nH]2)C[C@H]1COC(=O)O. The summed E-state index contributed by atoms with van der Waals surface area (Å²) in [5.74, 6) is 0. The number of nitrogens with one attached hydrogen (secondary N) is 1. The maximum absolute atomic E-state index is 10.4. The molecule has 0 aliphatic carbocycles. The van der Waals surface area contributed by atoms with Gasteiger partial charge in [0, 0.05) is 18.0 Å². The molecule has 7 heteroatoms. The second kappa shape index (κ2) is 5.64. The molecule has 2 heterocycles. The molecule has 0 unspecified atom stereocenters. The van der Waals surface area contributed by atoms with Gasteiger partial charge in [0.15, 0.2) is 3.95 Å². The van der Waals surface area contributed by atoms with Crippen LogP contribution in [0.5, 0.6) is 0 Å². The molecule has 1 aromatic rings. The van der Waals surface area contributed by atoms with Crippen LogP contribution in [0.15, 0.2) is 11.5 Å². The number of aromatic amines is 1. The second-order valence-corrected chi connectivity index (χ2v) is 5.71. The predicted octanol–water partition coefficient (Wildman–Crippen LogP) is 2.59. The zero-order chi connectivity index (χ0) is 13.1. The van der Waals surface area contributed by atoms with Crippen molar-refractivity contribution in [2.75, 3.05) is 20.2 Å². The molecule has 0 bridgehead atoms. The molecule has 0 amide bonds. The molecule has 98 valence electrons. The average molecular weight is 286 g/mol. The third-order valence-corrected chi connectivity index (χ3v) is 4.03. The van der Waals surface area contributed by atoms with Gasteiger partial charge in [0.05, 0.1) is 5.69 Å². The van der Waals surface area contributed by atoms with Gasteiger partial charge in [-0.25, -0.2) is 4.79 Å². The van der Waals surface area contributed by atoms with E-state index < -0.39 is 6.16 Å². The van der Waals surface area contributed by atoms with E-state index in [-0.39, 0.29) is 12.6 Å². The van der Waals surface area contributed by atoms with Gasteiger partial charge in [-0.15, -0.1) is 11.3 Å². The number of H-pyrrole nitrogens is 1. The third kappa shape index (κ3) is 3.18. The van der Waals surface area contributed by atoms with Crippen molar-refractivity contribution in [1.82, 2.24) is 9.88 Å². The van der Waals surface area contributed by atoms with Crippen LogP contribution in [-0.4, -0.2) is 47.4 Å². The molecule has 1 aromatic heterocycles. The Morgan fingerprint density at radius 2 is 2.56 bits per heavy atom. The summed E-state index contributed by atoms with van der Waals surface area (Å²) in [7, 11) is 1.96. The summed E-state index contributed by atoms with van der Waals surface area (Å²) in [5, 5.41) is 10.5. The van der Waals surface area contributed by atoms with Crippen molar-refractivity contribution in [2.45, 2.75) is 12.5 Å². The number of hydrogen-bond donors (Lipinski definition) is 2. The largest absolute Gasteiger partial charge is 0.505 e. The summed E-state index contributed by atoms with van der Waals surface area (Å²) < 4.78 is 5.41. The first-order valence-electron chi connectivity index (χ1n) is 5.49. The molecule has 0 saturated carbocycles. The first kappa shape index (κ1) is 13.3. The Balaban J connectivity index is 2.06. The Hall–Kier alpha value is -1.18. The van der Waals surface area contributed by atoms with Gasteiger partial charge in [-0.05, 0) is 31.3 Å². The maximum Gasteiger partial charge on any atom is 0.505 e. The van der Waals surface area contributed by atoms with Crippen molar-refractivity contribution < 1.29 is 14.6 Å². The van der Waals surface area contributed by atoms with Crippen LogP contribution in [0, 0.1) is 3.95 Å². The third-order valence-electron chi connectivity index (χ3n) is 2.97. The zero-order valence-electron chi connectivity index (χ0n) is 9.88. The average Bonchev–Trinajstić information content (AvgIpc) is 2.74. The van der Waals surface area contributed by atoms with Crippen molar-refractivity contribution in [3.8, 4) is 0 Å². The Bertz CT molecular complexity index is 520. The molecule has 0 saturated heterocycles. The number of thiazole rings is 1. The first-order valence-corrected chi connectivity index (χ1v) is 6.78. The highest BCUT2D eigenvalue weighted by Crippen LogP contribution is 2.26. The quantitative estimate of drug-likeness (QED) is 0.660. The second-order valence-electron chi connectivity index (χ2n) is 4.17. The van der Waals surface area contributed by atoms with Gasteiger partial charge in [0.25, 0.3) is 0 Å². The van der Waals surface area contributed by atoms with Crippen molar-refractivity contribution in [3.05, 3.63) is 21.1 Å². The fourth-order valence-electron chi connectivity index (χ4n) is 1.91. The van der Waals surface area contributed by atoms with Crippen LogP contribution in [0.3, 0.4) is 0 Å². The van der Waals surface area contributed by atoms with E-state index in [1.54, 1.807) is 0 Å². The monoisotopic (exact) mass is 286 g/mol.